The Morgan fingerprint density at radius 3 is 2.31 bits per heavy atom. The van der Waals surface area contributed by atoms with Crippen molar-refractivity contribution >= 4 is 11.9 Å². The Balaban J connectivity index is 1.16. The fourth-order valence-corrected chi connectivity index (χ4v) is 10.9. The number of nitrogens with one attached hydrogen (secondary N) is 1. The topological polar surface area (TPSA) is 179 Å². The Kier molecular flexibility index (Phi) is 15.5. The molecule has 6 heterocycles. The fraction of sp³-hybridized carbons (Fsp3) is 0.755. The fourth-order valence-electron chi connectivity index (χ4n) is 10.9. The van der Waals surface area contributed by atoms with Crippen LogP contribution in [0.15, 0.2) is 59.3 Å². The highest BCUT2D eigenvalue weighted by atomic mass is 16.7. The number of ether oxygens (including phenoxy) is 10. The van der Waals surface area contributed by atoms with Crippen molar-refractivity contribution in [2.24, 2.45) is 23.7 Å². The summed E-state index contributed by atoms with van der Waals surface area (Å²) >= 11 is 0. The van der Waals surface area contributed by atoms with E-state index in [1.54, 1.807) is 33.3 Å². The summed E-state index contributed by atoms with van der Waals surface area (Å²) in [6.45, 7) is 17.5. The molecule has 6 aliphatic heterocycles. The number of fused-ring (bicyclic) bond motifs is 2. The summed E-state index contributed by atoms with van der Waals surface area (Å²) in [5.41, 5.74) is 0.112. The van der Waals surface area contributed by atoms with Crippen LogP contribution in [-0.4, -0.2) is 140 Å². The van der Waals surface area contributed by atoms with Gasteiger partial charge in [-0.05, 0) is 62.8 Å². The molecule has 15 heteroatoms. The molecule has 0 saturated carbocycles. The molecule has 7 rings (SSSR count). The van der Waals surface area contributed by atoms with E-state index in [4.69, 9.17) is 47.4 Å². The third-order valence-electron chi connectivity index (χ3n) is 14.4. The van der Waals surface area contributed by atoms with E-state index in [-0.39, 0.29) is 61.0 Å². The normalized spacial score (nSPS) is 45.3. The van der Waals surface area contributed by atoms with Crippen LogP contribution in [-0.2, 0) is 57.0 Å². The van der Waals surface area contributed by atoms with Gasteiger partial charge in [-0.2, -0.15) is 0 Å². The zero-order chi connectivity index (χ0) is 46.2. The van der Waals surface area contributed by atoms with Gasteiger partial charge < -0.3 is 62.9 Å². The molecule has 19 atom stereocenters. The average molecular weight is 900 g/mol. The van der Waals surface area contributed by atoms with Crippen molar-refractivity contribution < 1.29 is 67.2 Å². The highest BCUT2D eigenvalue weighted by Gasteiger charge is 2.60. The molecule has 64 heavy (non-hydrogen) atoms. The van der Waals surface area contributed by atoms with Gasteiger partial charge in [0, 0.05) is 58.7 Å². The molecule has 4 fully saturated rings. The van der Waals surface area contributed by atoms with Crippen molar-refractivity contribution in [3.63, 3.8) is 0 Å². The summed E-state index contributed by atoms with van der Waals surface area (Å²) in [7, 11) is 3.27. The summed E-state index contributed by atoms with van der Waals surface area (Å²) in [5, 5.41) is 26.7. The van der Waals surface area contributed by atoms with Crippen LogP contribution in [0.4, 0.5) is 0 Å². The van der Waals surface area contributed by atoms with Gasteiger partial charge in [-0.25, -0.2) is 0 Å². The van der Waals surface area contributed by atoms with Gasteiger partial charge in [-0.1, -0.05) is 64.2 Å². The molecule has 0 radical (unpaired) electrons. The number of allylic oxidation sites excluding steroid dienone is 2. The number of hydrogen-bond acceptors (Lipinski definition) is 14. The standard InChI is InChI=1S/C49H73NO14/c1-25(2)43-28(5)17-18-48(64-43)23-35-20-34(63-48)16-15-27(4)44(26(3)13-12-14-33-24-57-46-42(52)29(6)19-36(47(53)60-35)49(33,46)54)61-40-22-38(56-11)45(31(8)59-40)62-39-21-37(55-10)41(30(7)58-39)50-32(9)51/h12-15,17-19,25-26,28,30-31,34-46,52,54H,16,20-24H2,1-11H3,(H,50,51)/t26-,28-,30-,31-,34+,35-,36-,37-,38-,39-,40-,41+,42+,43+,44-,45-,46+,48+,49+/m0/s1. The number of hydrogen-bond donors (Lipinski definition) is 3. The highest BCUT2D eigenvalue weighted by molar-refractivity contribution is 5.78. The van der Waals surface area contributed by atoms with E-state index in [0.29, 0.717) is 36.8 Å². The first-order valence-electron chi connectivity index (χ1n) is 23.3. The van der Waals surface area contributed by atoms with Crippen LogP contribution in [0.2, 0.25) is 0 Å². The maximum absolute atomic E-state index is 14.3. The van der Waals surface area contributed by atoms with Gasteiger partial charge in [-0.3, -0.25) is 9.59 Å². The molecule has 1 aliphatic carbocycles. The van der Waals surface area contributed by atoms with Gasteiger partial charge in [0.05, 0.1) is 55.4 Å². The number of carbonyl (C=O) groups is 2. The largest absolute Gasteiger partial charge is 0.462 e. The number of aliphatic hydroxyl groups excluding tert-OH is 1. The van der Waals surface area contributed by atoms with Crippen molar-refractivity contribution in [1.82, 2.24) is 5.32 Å². The van der Waals surface area contributed by atoms with Crippen molar-refractivity contribution in [2.75, 3.05) is 20.8 Å². The molecule has 3 N–H and O–H groups in total. The second kappa shape index (κ2) is 20.2. The summed E-state index contributed by atoms with van der Waals surface area (Å²) in [6.07, 6.45) is 8.46. The zero-order valence-electron chi connectivity index (χ0n) is 39.5. The quantitative estimate of drug-likeness (QED) is 0.216. The van der Waals surface area contributed by atoms with E-state index in [2.05, 4.69) is 45.2 Å². The number of amides is 1. The Morgan fingerprint density at radius 1 is 0.906 bits per heavy atom. The molecular weight excluding hydrogens is 827 g/mol. The summed E-state index contributed by atoms with van der Waals surface area (Å²) in [6, 6.07) is -0.314. The van der Waals surface area contributed by atoms with Gasteiger partial charge in [-0.15, -0.1) is 0 Å². The van der Waals surface area contributed by atoms with Crippen LogP contribution in [0.1, 0.15) is 94.4 Å². The molecule has 15 nitrogen and oxygen atoms in total. The average Bonchev–Trinajstić information content (AvgIpc) is 3.58. The second-order valence-corrected chi connectivity index (χ2v) is 19.5. The Morgan fingerprint density at radius 2 is 1.61 bits per heavy atom. The first-order valence-corrected chi connectivity index (χ1v) is 23.3. The summed E-state index contributed by atoms with van der Waals surface area (Å²) < 4.78 is 64.2. The van der Waals surface area contributed by atoms with Crippen LogP contribution >= 0.6 is 0 Å². The lowest BCUT2D eigenvalue weighted by atomic mass is 9.71. The van der Waals surface area contributed by atoms with E-state index in [9.17, 15) is 19.8 Å². The van der Waals surface area contributed by atoms with Crippen LogP contribution in [0.5, 0.6) is 0 Å². The smallest absolute Gasteiger partial charge is 0.316 e. The molecular formula is C49H73NO14. The summed E-state index contributed by atoms with van der Waals surface area (Å²) in [4.78, 5) is 26.2. The van der Waals surface area contributed by atoms with Gasteiger partial charge in [0.25, 0.3) is 0 Å². The highest BCUT2D eigenvalue weighted by Crippen LogP contribution is 2.47. The molecule has 0 unspecified atom stereocenters. The van der Waals surface area contributed by atoms with Crippen molar-refractivity contribution in [1.29, 1.82) is 0 Å². The minimum Gasteiger partial charge on any atom is -0.462 e. The van der Waals surface area contributed by atoms with Gasteiger partial charge in [0.2, 0.25) is 5.91 Å². The van der Waals surface area contributed by atoms with Crippen molar-refractivity contribution in [2.45, 2.75) is 192 Å². The molecule has 0 aromatic rings. The lowest BCUT2D eigenvalue weighted by Crippen LogP contribution is -2.58. The number of rotatable bonds is 8. The predicted molar refractivity (Wildman–Crippen MR) is 234 cm³/mol. The van der Waals surface area contributed by atoms with E-state index in [0.717, 1.165) is 5.57 Å². The number of aliphatic hydroxyl groups is 2. The molecule has 1 amide bonds. The second-order valence-electron chi connectivity index (χ2n) is 19.5. The Labute approximate surface area is 378 Å². The Hall–Kier alpha value is -2.80. The molecule has 0 aromatic carbocycles. The monoisotopic (exact) mass is 900 g/mol. The lowest BCUT2D eigenvalue weighted by Gasteiger charge is -2.48. The molecule has 4 saturated heterocycles. The summed E-state index contributed by atoms with van der Waals surface area (Å²) in [5.74, 6) is -2.81. The van der Waals surface area contributed by atoms with Gasteiger partial charge >= 0.3 is 5.97 Å². The number of methoxy groups -OCH3 is 2. The molecule has 7 aliphatic rings. The van der Waals surface area contributed by atoms with E-state index < -0.39 is 84.7 Å². The van der Waals surface area contributed by atoms with Crippen molar-refractivity contribution in [3.8, 4) is 0 Å². The van der Waals surface area contributed by atoms with Crippen LogP contribution < -0.4 is 5.32 Å². The van der Waals surface area contributed by atoms with Crippen LogP contribution in [0.25, 0.3) is 0 Å². The molecule has 1 spiro atoms. The third kappa shape index (κ3) is 10.2. The maximum atomic E-state index is 14.3. The molecule has 2 bridgehead atoms. The van der Waals surface area contributed by atoms with E-state index >= 15 is 0 Å². The van der Waals surface area contributed by atoms with Crippen LogP contribution in [0, 0.1) is 23.7 Å². The molecule has 358 valence electrons. The first-order chi connectivity index (χ1) is 30.4. The van der Waals surface area contributed by atoms with Crippen LogP contribution in [0.3, 0.4) is 0 Å². The van der Waals surface area contributed by atoms with Crippen molar-refractivity contribution in [3.05, 3.63) is 59.3 Å². The SMILES string of the molecule is CO[C@H]1C[C@H](O[C@H]2[C@H](C)O[C@@H](O[C@@H]3C(C)=CC[C@@H]4C[C@@H](C[C@]5(C=C[C@H](C)[C@@H](C(C)C)O5)O4)OC(=O)[C@@H]4C=C(C)[C@@H](O)[C@H]5OCC(=CC=C[C@@H]3C)[C@]54O)C[C@@H]2OC)O[C@@H](C)[C@H]1NC(C)=O. The van der Waals surface area contributed by atoms with Gasteiger partial charge in [0.15, 0.2) is 18.4 Å². The molecule has 0 aromatic heterocycles. The van der Waals surface area contributed by atoms with Gasteiger partial charge in [0.1, 0.15) is 35.9 Å². The van der Waals surface area contributed by atoms with E-state index in [1.165, 1.54) is 6.92 Å². The lowest BCUT2D eigenvalue weighted by molar-refractivity contribution is -0.311. The minimum absolute atomic E-state index is 0.0266. The Bertz CT molecular complexity index is 1830. The third-order valence-corrected chi connectivity index (χ3v) is 14.4. The maximum Gasteiger partial charge on any atom is 0.316 e. The first kappa shape index (κ1) is 49.1. The minimum atomic E-state index is -1.84. The van der Waals surface area contributed by atoms with E-state index in [1.807, 2.05) is 39.0 Å². The predicted octanol–water partition coefficient (Wildman–Crippen LogP) is 5.13. The zero-order valence-corrected chi connectivity index (χ0v) is 39.5. The number of esters is 1. The number of carbonyl (C=O) groups excluding carboxylic acids is 2.